The van der Waals surface area contributed by atoms with Crippen LogP contribution in [0.25, 0.3) is 0 Å². The van der Waals surface area contributed by atoms with Gasteiger partial charge in [-0.3, -0.25) is 9.59 Å². The molecular formula is C23H30N3O2+. The summed E-state index contributed by atoms with van der Waals surface area (Å²) in [7, 11) is 0. The molecule has 1 amide bonds. The summed E-state index contributed by atoms with van der Waals surface area (Å²) in [6, 6.07) is 18.1. The van der Waals surface area contributed by atoms with E-state index in [4.69, 9.17) is 0 Å². The lowest BCUT2D eigenvalue weighted by Crippen LogP contribution is -3.16. The molecule has 0 radical (unpaired) electrons. The molecule has 5 nitrogen and oxygen atoms in total. The molecule has 0 spiro atoms. The lowest BCUT2D eigenvalue weighted by atomic mass is 10.0. The monoisotopic (exact) mass is 380 g/mol. The Bertz CT molecular complexity index is 781. The number of quaternary nitrogens is 1. The largest absolute Gasteiger partial charge is 0.360 e. The van der Waals surface area contributed by atoms with Crippen molar-refractivity contribution in [2.75, 3.05) is 44.2 Å². The lowest BCUT2D eigenvalue weighted by Gasteiger charge is -2.33. The van der Waals surface area contributed by atoms with Gasteiger partial charge in [-0.25, -0.2) is 0 Å². The molecule has 0 unspecified atom stereocenters. The fourth-order valence-corrected chi connectivity index (χ4v) is 3.62. The van der Waals surface area contributed by atoms with Gasteiger partial charge < -0.3 is 15.1 Å². The summed E-state index contributed by atoms with van der Waals surface area (Å²) in [6.45, 7) is 8.64. The minimum Gasteiger partial charge on any atom is -0.360 e. The highest BCUT2D eigenvalue weighted by molar-refractivity contribution is 5.94. The number of ketones is 1. The number of nitrogens with one attached hydrogen (secondary N) is 2. The van der Waals surface area contributed by atoms with Crippen molar-refractivity contribution in [2.24, 2.45) is 0 Å². The number of carbonyl (C=O) groups is 2. The first-order valence-corrected chi connectivity index (χ1v) is 10.0. The summed E-state index contributed by atoms with van der Waals surface area (Å²) in [5, 5.41) is 3.08. The molecule has 1 aliphatic heterocycles. The molecule has 2 aromatic rings. The van der Waals surface area contributed by atoms with Crippen molar-refractivity contribution in [2.45, 2.75) is 19.8 Å². The Kier molecular flexibility index (Phi) is 6.82. The van der Waals surface area contributed by atoms with Crippen molar-refractivity contribution in [3.05, 3.63) is 65.7 Å². The second-order valence-electron chi connectivity index (χ2n) is 7.63. The van der Waals surface area contributed by atoms with Crippen LogP contribution < -0.4 is 15.1 Å². The van der Waals surface area contributed by atoms with Crippen LogP contribution >= 0.6 is 0 Å². The minimum absolute atomic E-state index is 0.0911. The zero-order valence-electron chi connectivity index (χ0n) is 16.8. The Morgan fingerprint density at radius 3 is 2.29 bits per heavy atom. The average molecular weight is 381 g/mol. The van der Waals surface area contributed by atoms with Crippen LogP contribution in [0.5, 0.6) is 0 Å². The van der Waals surface area contributed by atoms with E-state index in [-0.39, 0.29) is 11.7 Å². The van der Waals surface area contributed by atoms with Crippen molar-refractivity contribution in [3.63, 3.8) is 0 Å². The first-order chi connectivity index (χ1) is 13.5. The molecule has 1 aliphatic rings. The van der Waals surface area contributed by atoms with Gasteiger partial charge in [0.25, 0.3) is 5.91 Å². The van der Waals surface area contributed by atoms with Crippen LogP contribution in [-0.2, 0) is 4.79 Å². The molecule has 3 rings (SSSR count). The fraction of sp³-hybridized carbons (Fsp3) is 0.391. The number of hydrogen-bond donors (Lipinski definition) is 2. The molecular weight excluding hydrogens is 350 g/mol. The molecule has 5 heteroatoms. The quantitative estimate of drug-likeness (QED) is 0.716. The van der Waals surface area contributed by atoms with Crippen LogP contribution in [0, 0.1) is 0 Å². The Labute approximate surface area is 167 Å². The van der Waals surface area contributed by atoms with E-state index in [1.54, 1.807) is 6.92 Å². The predicted octanol–water partition coefficient (Wildman–Crippen LogP) is 1.51. The average Bonchev–Trinajstić information content (AvgIpc) is 2.73. The lowest BCUT2D eigenvalue weighted by molar-refractivity contribution is -0.892. The normalized spacial score (nSPS) is 15.9. The smallest absolute Gasteiger partial charge is 0.275 e. The van der Waals surface area contributed by atoms with Crippen LogP contribution in [0.1, 0.15) is 35.7 Å². The van der Waals surface area contributed by atoms with Gasteiger partial charge in [-0.2, -0.15) is 0 Å². The molecule has 1 atom stereocenters. The third kappa shape index (κ3) is 5.42. The van der Waals surface area contributed by atoms with E-state index in [0.717, 1.165) is 37.4 Å². The van der Waals surface area contributed by atoms with Crippen LogP contribution in [0.15, 0.2) is 54.6 Å². The molecule has 0 aliphatic carbocycles. The van der Waals surface area contributed by atoms with E-state index in [2.05, 4.69) is 29.3 Å². The Hall–Kier alpha value is -2.66. The van der Waals surface area contributed by atoms with Gasteiger partial charge in [-0.1, -0.05) is 37.3 Å². The number of amides is 1. The SMILES string of the molecule is CC(=O)c1ccc(N2CC[NH+](CC(=O)NC[C@@H](C)c3ccccc3)CC2)cc1. The van der Waals surface area contributed by atoms with Gasteiger partial charge in [0.1, 0.15) is 0 Å². The van der Waals surface area contributed by atoms with Gasteiger partial charge in [0.05, 0.1) is 26.2 Å². The van der Waals surface area contributed by atoms with Crippen molar-refractivity contribution in [3.8, 4) is 0 Å². The molecule has 148 valence electrons. The van der Waals surface area contributed by atoms with Crippen LogP contribution in [0.2, 0.25) is 0 Å². The van der Waals surface area contributed by atoms with E-state index in [1.165, 1.54) is 10.5 Å². The zero-order chi connectivity index (χ0) is 19.9. The highest BCUT2D eigenvalue weighted by Gasteiger charge is 2.22. The molecule has 1 heterocycles. The number of rotatable bonds is 7. The van der Waals surface area contributed by atoms with Crippen LogP contribution in [-0.4, -0.2) is 51.0 Å². The third-order valence-corrected chi connectivity index (χ3v) is 5.49. The number of Topliss-reactive ketones (excluding diaryl/α,β-unsaturated/α-hetero) is 1. The van der Waals surface area contributed by atoms with Crippen molar-refractivity contribution < 1.29 is 14.5 Å². The molecule has 2 N–H and O–H groups in total. The molecule has 1 saturated heterocycles. The topological polar surface area (TPSA) is 53.9 Å². The maximum atomic E-state index is 12.3. The number of benzene rings is 2. The second kappa shape index (κ2) is 9.51. The van der Waals surface area contributed by atoms with E-state index < -0.39 is 0 Å². The maximum absolute atomic E-state index is 12.3. The summed E-state index contributed by atoms with van der Waals surface area (Å²) >= 11 is 0. The second-order valence-corrected chi connectivity index (χ2v) is 7.63. The summed E-state index contributed by atoms with van der Waals surface area (Å²) in [5.41, 5.74) is 3.14. The van der Waals surface area contributed by atoms with Crippen molar-refractivity contribution >= 4 is 17.4 Å². The van der Waals surface area contributed by atoms with Crippen LogP contribution in [0.3, 0.4) is 0 Å². The molecule has 28 heavy (non-hydrogen) atoms. The van der Waals surface area contributed by atoms with Gasteiger partial charge >= 0.3 is 0 Å². The maximum Gasteiger partial charge on any atom is 0.275 e. The van der Waals surface area contributed by atoms with Gasteiger partial charge in [0, 0.05) is 17.8 Å². The van der Waals surface area contributed by atoms with Gasteiger partial charge in [0.2, 0.25) is 0 Å². The van der Waals surface area contributed by atoms with Crippen molar-refractivity contribution in [1.82, 2.24) is 5.32 Å². The van der Waals surface area contributed by atoms with E-state index in [1.807, 2.05) is 42.5 Å². The zero-order valence-corrected chi connectivity index (χ0v) is 16.8. The number of anilines is 1. The van der Waals surface area contributed by atoms with E-state index >= 15 is 0 Å². The standard InChI is InChI=1S/C23H29N3O2/c1-18(20-6-4-3-5-7-20)16-24-23(28)17-25-12-14-26(15-13-25)22-10-8-21(9-11-22)19(2)27/h3-11,18H,12-17H2,1-2H3,(H,24,28)/p+1/t18-/m1/s1. The molecule has 0 bridgehead atoms. The summed E-state index contributed by atoms with van der Waals surface area (Å²) < 4.78 is 0. The highest BCUT2D eigenvalue weighted by atomic mass is 16.2. The predicted molar refractivity (Wildman–Crippen MR) is 112 cm³/mol. The Morgan fingerprint density at radius 1 is 1.04 bits per heavy atom. The number of hydrogen-bond acceptors (Lipinski definition) is 3. The first-order valence-electron chi connectivity index (χ1n) is 10.0. The highest BCUT2D eigenvalue weighted by Crippen LogP contribution is 2.15. The van der Waals surface area contributed by atoms with E-state index in [0.29, 0.717) is 19.0 Å². The Morgan fingerprint density at radius 2 is 1.68 bits per heavy atom. The molecule has 1 fully saturated rings. The molecule has 0 saturated carbocycles. The molecule has 0 aromatic heterocycles. The first kappa shape index (κ1) is 20.1. The third-order valence-electron chi connectivity index (χ3n) is 5.49. The van der Waals surface area contributed by atoms with Crippen molar-refractivity contribution in [1.29, 1.82) is 0 Å². The summed E-state index contributed by atoms with van der Waals surface area (Å²) in [6.07, 6.45) is 0. The number of carbonyl (C=O) groups excluding carboxylic acids is 2. The minimum atomic E-state index is 0.0911. The fourth-order valence-electron chi connectivity index (χ4n) is 3.62. The number of piperazine rings is 1. The van der Waals surface area contributed by atoms with Gasteiger partial charge in [-0.15, -0.1) is 0 Å². The van der Waals surface area contributed by atoms with Gasteiger partial charge in [0.15, 0.2) is 12.3 Å². The molecule has 2 aromatic carbocycles. The summed E-state index contributed by atoms with van der Waals surface area (Å²) in [4.78, 5) is 27.4. The summed E-state index contributed by atoms with van der Waals surface area (Å²) in [5.74, 6) is 0.528. The van der Waals surface area contributed by atoms with Crippen LogP contribution in [0.4, 0.5) is 5.69 Å². The van der Waals surface area contributed by atoms with Gasteiger partial charge in [-0.05, 0) is 42.7 Å². The number of nitrogens with zero attached hydrogens (tertiary/aromatic N) is 1. The van der Waals surface area contributed by atoms with E-state index in [9.17, 15) is 9.59 Å². The Balaban J connectivity index is 1.41.